The third-order valence-electron chi connectivity index (χ3n) is 1.78. The molecule has 0 bridgehead atoms. The van der Waals surface area contributed by atoms with Crippen LogP contribution in [0.4, 0.5) is 5.69 Å². The van der Waals surface area contributed by atoms with E-state index in [9.17, 15) is 0 Å². The van der Waals surface area contributed by atoms with Crippen molar-refractivity contribution in [2.45, 2.75) is 6.42 Å². The first-order chi connectivity index (χ1) is 6.19. The number of rotatable bonds is 3. The molecule has 1 aromatic carbocycles. The lowest BCUT2D eigenvalue weighted by Crippen LogP contribution is -1.98. The van der Waals surface area contributed by atoms with E-state index in [2.05, 4.69) is 0 Å². The summed E-state index contributed by atoms with van der Waals surface area (Å²) in [5, 5.41) is 9.26. The molecule has 0 aromatic heterocycles. The van der Waals surface area contributed by atoms with Crippen molar-refractivity contribution in [1.82, 2.24) is 0 Å². The monoisotopic (exact) mass is 201 g/mol. The van der Waals surface area contributed by atoms with Crippen molar-refractivity contribution in [1.29, 1.82) is 0 Å². The Labute approximate surface area is 82.1 Å². The van der Waals surface area contributed by atoms with Crippen molar-refractivity contribution in [2.24, 2.45) is 0 Å². The van der Waals surface area contributed by atoms with Gasteiger partial charge in [0.25, 0.3) is 0 Å². The summed E-state index contributed by atoms with van der Waals surface area (Å²) in [5.41, 5.74) is 6.94. The van der Waals surface area contributed by atoms with Crippen LogP contribution >= 0.6 is 11.6 Å². The van der Waals surface area contributed by atoms with E-state index in [0.717, 1.165) is 5.56 Å². The number of benzene rings is 1. The Morgan fingerprint density at radius 3 is 2.77 bits per heavy atom. The lowest BCUT2D eigenvalue weighted by molar-refractivity contribution is 0.296. The van der Waals surface area contributed by atoms with Gasteiger partial charge in [-0.15, -0.1) is 0 Å². The molecule has 3 nitrogen and oxygen atoms in total. The third-order valence-corrected chi connectivity index (χ3v) is 2.11. The Morgan fingerprint density at radius 1 is 1.54 bits per heavy atom. The maximum absolute atomic E-state index is 8.77. The number of methoxy groups -OCH3 is 1. The van der Waals surface area contributed by atoms with Crippen LogP contribution in [0, 0.1) is 0 Å². The van der Waals surface area contributed by atoms with Gasteiger partial charge in [-0.25, -0.2) is 0 Å². The van der Waals surface area contributed by atoms with Crippen LogP contribution in [0.2, 0.25) is 5.02 Å². The molecule has 0 unspecified atom stereocenters. The van der Waals surface area contributed by atoms with Crippen LogP contribution in [0.5, 0.6) is 5.75 Å². The summed E-state index contributed by atoms with van der Waals surface area (Å²) in [7, 11) is 1.56. The second kappa shape index (κ2) is 4.35. The van der Waals surface area contributed by atoms with Crippen molar-refractivity contribution in [3.63, 3.8) is 0 Å². The number of nitrogen functional groups attached to an aromatic ring is 1. The largest absolute Gasteiger partial charge is 0.496 e. The molecule has 0 saturated carbocycles. The van der Waals surface area contributed by atoms with Crippen molar-refractivity contribution >= 4 is 17.3 Å². The van der Waals surface area contributed by atoms with Crippen LogP contribution in [0.3, 0.4) is 0 Å². The van der Waals surface area contributed by atoms with E-state index in [0.29, 0.717) is 22.9 Å². The molecule has 0 aliphatic rings. The number of anilines is 1. The van der Waals surface area contributed by atoms with E-state index in [1.807, 2.05) is 0 Å². The van der Waals surface area contributed by atoms with Gasteiger partial charge in [0.05, 0.1) is 17.8 Å². The van der Waals surface area contributed by atoms with Gasteiger partial charge in [-0.3, -0.25) is 0 Å². The van der Waals surface area contributed by atoms with Gasteiger partial charge in [0.15, 0.2) is 0 Å². The van der Waals surface area contributed by atoms with Gasteiger partial charge in [-0.2, -0.15) is 0 Å². The Kier molecular flexibility index (Phi) is 3.39. The highest BCUT2D eigenvalue weighted by Crippen LogP contribution is 2.28. The molecule has 0 aliphatic carbocycles. The van der Waals surface area contributed by atoms with Crippen molar-refractivity contribution in [2.75, 3.05) is 19.5 Å². The third kappa shape index (κ3) is 2.26. The molecule has 0 radical (unpaired) electrons. The molecule has 0 heterocycles. The number of aliphatic hydroxyl groups is 1. The second-order valence-electron chi connectivity index (χ2n) is 2.66. The van der Waals surface area contributed by atoms with E-state index in [1.165, 1.54) is 0 Å². The van der Waals surface area contributed by atoms with Crippen LogP contribution in [-0.4, -0.2) is 18.8 Å². The lowest BCUT2D eigenvalue weighted by Gasteiger charge is -2.09. The van der Waals surface area contributed by atoms with Crippen LogP contribution in [0.1, 0.15) is 5.56 Å². The van der Waals surface area contributed by atoms with E-state index >= 15 is 0 Å². The molecule has 13 heavy (non-hydrogen) atoms. The quantitative estimate of drug-likeness (QED) is 0.729. The highest BCUT2D eigenvalue weighted by molar-refractivity contribution is 6.33. The van der Waals surface area contributed by atoms with Gasteiger partial charge in [0.1, 0.15) is 5.75 Å². The Morgan fingerprint density at radius 2 is 2.23 bits per heavy atom. The predicted molar refractivity (Wildman–Crippen MR) is 53.2 cm³/mol. The van der Waals surface area contributed by atoms with Crippen molar-refractivity contribution < 1.29 is 9.84 Å². The minimum Gasteiger partial charge on any atom is -0.496 e. The number of halogens is 1. The average molecular weight is 202 g/mol. The minimum absolute atomic E-state index is 0.0661. The van der Waals surface area contributed by atoms with Gasteiger partial charge in [-0.1, -0.05) is 11.6 Å². The number of hydrogen-bond acceptors (Lipinski definition) is 3. The summed E-state index contributed by atoms with van der Waals surface area (Å²) >= 11 is 5.82. The topological polar surface area (TPSA) is 55.5 Å². The van der Waals surface area contributed by atoms with E-state index < -0.39 is 0 Å². The van der Waals surface area contributed by atoms with Gasteiger partial charge in [-0.05, 0) is 18.1 Å². The molecular weight excluding hydrogens is 190 g/mol. The zero-order chi connectivity index (χ0) is 9.84. The molecule has 0 amide bonds. The number of hydrogen-bond donors (Lipinski definition) is 2. The Bertz CT molecular complexity index is 302. The van der Waals surface area contributed by atoms with Crippen LogP contribution in [0.15, 0.2) is 12.1 Å². The fourth-order valence-electron chi connectivity index (χ4n) is 1.12. The minimum atomic E-state index is 0.0661. The first-order valence-corrected chi connectivity index (χ1v) is 4.29. The smallest absolute Gasteiger partial charge is 0.124 e. The molecule has 0 spiro atoms. The summed E-state index contributed by atoms with van der Waals surface area (Å²) in [6.45, 7) is 0.0661. The van der Waals surface area contributed by atoms with Gasteiger partial charge in [0.2, 0.25) is 0 Å². The summed E-state index contributed by atoms with van der Waals surface area (Å²) < 4.78 is 5.08. The molecule has 0 fully saturated rings. The predicted octanol–water partition coefficient (Wildman–Crippen LogP) is 1.47. The van der Waals surface area contributed by atoms with Crippen LogP contribution < -0.4 is 10.5 Å². The fraction of sp³-hybridized carbons (Fsp3) is 0.333. The normalized spacial score (nSPS) is 10.1. The Hall–Kier alpha value is -0.930. The maximum atomic E-state index is 8.77. The van der Waals surface area contributed by atoms with E-state index in [4.69, 9.17) is 27.2 Å². The number of nitrogens with two attached hydrogens (primary N) is 1. The second-order valence-corrected chi connectivity index (χ2v) is 3.07. The summed E-state index contributed by atoms with van der Waals surface area (Å²) in [5.74, 6) is 0.663. The molecule has 72 valence electrons. The SMILES string of the molecule is COc1cc(N)c(Cl)cc1CCO. The zero-order valence-electron chi connectivity index (χ0n) is 7.38. The van der Waals surface area contributed by atoms with E-state index in [1.54, 1.807) is 19.2 Å². The number of ether oxygens (including phenoxy) is 1. The highest BCUT2D eigenvalue weighted by Gasteiger charge is 2.06. The highest BCUT2D eigenvalue weighted by atomic mass is 35.5. The molecule has 0 aliphatic heterocycles. The number of aliphatic hydroxyl groups excluding tert-OH is 1. The Balaban J connectivity index is 3.09. The fourth-order valence-corrected chi connectivity index (χ4v) is 1.30. The van der Waals surface area contributed by atoms with Crippen LogP contribution in [-0.2, 0) is 6.42 Å². The summed E-state index contributed by atoms with van der Waals surface area (Å²) in [6, 6.07) is 3.37. The standard InChI is InChI=1S/C9H12ClNO2/c1-13-9-5-8(11)7(10)4-6(9)2-3-12/h4-5,12H,2-3,11H2,1H3. The van der Waals surface area contributed by atoms with Gasteiger partial charge >= 0.3 is 0 Å². The molecular formula is C9H12ClNO2. The van der Waals surface area contributed by atoms with Crippen molar-refractivity contribution in [3.05, 3.63) is 22.7 Å². The van der Waals surface area contributed by atoms with E-state index in [-0.39, 0.29) is 6.61 Å². The molecule has 1 rings (SSSR count). The summed E-state index contributed by atoms with van der Waals surface area (Å²) in [4.78, 5) is 0. The summed E-state index contributed by atoms with van der Waals surface area (Å²) in [6.07, 6.45) is 0.517. The lowest BCUT2D eigenvalue weighted by atomic mass is 10.1. The first-order valence-electron chi connectivity index (χ1n) is 3.91. The molecule has 3 N–H and O–H groups in total. The van der Waals surface area contributed by atoms with Crippen LogP contribution in [0.25, 0.3) is 0 Å². The molecule has 0 saturated heterocycles. The average Bonchev–Trinajstić information content (AvgIpc) is 2.11. The molecule has 0 atom stereocenters. The molecule has 1 aromatic rings. The van der Waals surface area contributed by atoms with Gasteiger partial charge in [0, 0.05) is 12.7 Å². The van der Waals surface area contributed by atoms with Gasteiger partial charge < -0.3 is 15.6 Å². The zero-order valence-corrected chi connectivity index (χ0v) is 8.14. The van der Waals surface area contributed by atoms with Crippen molar-refractivity contribution in [3.8, 4) is 5.75 Å². The first kappa shape index (κ1) is 10.2. The molecule has 4 heteroatoms. The maximum Gasteiger partial charge on any atom is 0.124 e.